The number of carbonyl (C=O) groups excluding carboxylic acids is 2. The first kappa shape index (κ1) is 21.2. The molecule has 0 radical (unpaired) electrons. The van der Waals surface area contributed by atoms with Crippen LogP contribution in [0, 0.1) is 0 Å². The van der Waals surface area contributed by atoms with Crippen LogP contribution in [0.2, 0.25) is 0 Å². The summed E-state index contributed by atoms with van der Waals surface area (Å²) in [4.78, 5) is 30.3. The highest BCUT2D eigenvalue weighted by Crippen LogP contribution is 2.29. The standard InChI is InChI=1S/C23H33N3O3/c1-19(2)29-22-10-4-3-9-21(22)25-16-14-24(15-17-25)12-7-8-20(27)18-26-13-6-5-11-23(26)28/h3-4,7,9-10,12,19H,5-6,8,11,13-18H2,1-2H3/b12-7+. The molecular weight excluding hydrogens is 366 g/mol. The molecule has 1 amide bonds. The molecule has 6 nitrogen and oxygen atoms in total. The van der Waals surface area contributed by atoms with E-state index >= 15 is 0 Å². The Hall–Kier alpha value is -2.50. The molecule has 3 rings (SSSR count). The van der Waals surface area contributed by atoms with Crippen LogP contribution in [-0.2, 0) is 9.59 Å². The highest BCUT2D eigenvalue weighted by atomic mass is 16.5. The monoisotopic (exact) mass is 399 g/mol. The Morgan fingerprint density at radius 1 is 1.10 bits per heavy atom. The van der Waals surface area contributed by atoms with Crippen molar-refractivity contribution < 1.29 is 14.3 Å². The van der Waals surface area contributed by atoms with Gasteiger partial charge in [-0.15, -0.1) is 0 Å². The lowest BCUT2D eigenvalue weighted by Crippen LogP contribution is -2.44. The van der Waals surface area contributed by atoms with E-state index in [1.54, 1.807) is 4.90 Å². The van der Waals surface area contributed by atoms with Gasteiger partial charge in [-0.25, -0.2) is 0 Å². The van der Waals surface area contributed by atoms with Crippen LogP contribution in [0.15, 0.2) is 36.5 Å². The number of Topliss-reactive ketones (excluding diaryl/α,β-unsaturated/α-hetero) is 1. The summed E-state index contributed by atoms with van der Waals surface area (Å²) in [7, 11) is 0. The molecule has 0 aromatic heterocycles. The van der Waals surface area contributed by atoms with E-state index in [0.29, 0.717) is 12.8 Å². The second-order valence-electron chi connectivity index (χ2n) is 8.06. The number of likely N-dealkylation sites (tertiary alicyclic amines) is 1. The van der Waals surface area contributed by atoms with Gasteiger partial charge in [0.15, 0.2) is 5.78 Å². The number of anilines is 1. The number of para-hydroxylation sites is 2. The molecule has 0 bridgehead atoms. The molecule has 0 spiro atoms. The number of carbonyl (C=O) groups is 2. The number of nitrogens with zero attached hydrogens (tertiary/aromatic N) is 3. The normalized spacial score (nSPS) is 18.0. The average molecular weight is 400 g/mol. The van der Waals surface area contributed by atoms with E-state index in [4.69, 9.17) is 4.74 Å². The minimum atomic E-state index is 0.106. The zero-order valence-electron chi connectivity index (χ0n) is 17.7. The van der Waals surface area contributed by atoms with Gasteiger partial charge in [0.05, 0.1) is 18.3 Å². The highest BCUT2D eigenvalue weighted by Gasteiger charge is 2.20. The summed E-state index contributed by atoms with van der Waals surface area (Å²) in [6, 6.07) is 8.20. The number of piperidine rings is 1. The highest BCUT2D eigenvalue weighted by molar-refractivity contribution is 5.87. The average Bonchev–Trinajstić information content (AvgIpc) is 2.70. The Labute approximate surface area is 174 Å². The molecule has 2 saturated heterocycles. The van der Waals surface area contributed by atoms with Crippen molar-refractivity contribution in [2.75, 3.05) is 44.2 Å². The summed E-state index contributed by atoms with van der Waals surface area (Å²) in [6.07, 6.45) is 7.03. The topological polar surface area (TPSA) is 53.1 Å². The number of hydrogen-bond donors (Lipinski definition) is 0. The van der Waals surface area contributed by atoms with Crippen LogP contribution >= 0.6 is 0 Å². The van der Waals surface area contributed by atoms with Crippen molar-refractivity contribution in [1.82, 2.24) is 9.80 Å². The Bertz CT molecular complexity index is 724. The minimum Gasteiger partial charge on any atom is -0.489 e. The van der Waals surface area contributed by atoms with Gasteiger partial charge in [0.1, 0.15) is 5.75 Å². The third kappa shape index (κ3) is 6.24. The number of ketones is 1. The predicted octanol–water partition coefficient (Wildman–Crippen LogP) is 3.08. The summed E-state index contributed by atoms with van der Waals surface area (Å²) in [5.41, 5.74) is 1.14. The Kier molecular flexibility index (Phi) is 7.55. The van der Waals surface area contributed by atoms with Crippen molar-refractivity contribution >= 4 is 17.4 Å². The van der Waals surface area contributed by atoms with E-state index < -0.39 is 0 Å². The summed E-state index contributed by atoms with van der Waals surface area (Å²) in [5.74, 6) is 1.16. The van der Waals surface area contributed by atoms with Gasteiger partial charge in [-0.05, 0) is 45.0 Å². The molecule has 1 aromatic rings. The van der Waals surface area contributed by atoms with E-state index in [1.165, 1.54) is 0 Å². The first-order chi connectivity index (χ1) is 14.0. The van der Waals surface area contributed by atoms with E-state index in [9.17, 15) is 9.59 Å². The van der Waals surface area contributed by atoms with Crippen LogP contribution in [-0.4, -0.2) is 66.9 Å². The van der Waals surface area contributed by atoms with E-state index in [2.05, 4.69) is 15.9 Å². The van der Waals surface area contributed by atoms with Crippen molar-refractivity contribution in [3.05, 3.63) is 36.5 Å². The first-order valence-corrected chi connectivity index (χ1v) is 10.7. The van der Waals surface area contributed by atoms with Crippen molar-refractivity contribution in [2.45, 2.75) is 45.6 Å². The first-order valence-electron chi connectivity index (χ1n) is 10.7. The van der Waals surface area contributed by atoms with Crippen LogP contribution in [0.5, 0.6) is 5.75 Å². The molecule has 2 aliphatic rings. The van der Waals surface area contributed by atoms with Crippen LogP contribution in [0.4, 0.5) is 5.69 Å². The number of rotatable bonds is 8. The summed E-state index contributed by atoms with van der Waals surface area (Å²) in [6.45, 7) is 8.71. The molecule has 1 aromatic carbocycles. The van der Waals surface area contributed by atoms with Gasteiger partial charge in [-0.1, -0.05) is 18.2 Å². The molecule has 0 atom stereocenters. The second-order valence-corrected chi connectivity index (χ2v) is 8.06. The Balaban J connectivity index is 1.44. The quantitative estimate of drug-likeness (QED) is 0.672. The summed E-state index contributed by atoms with van der Waals surface area (Å²) >= 11 is 0. The molecule has 2 fully saturated rings. The second kappa shape index (κ2) is 10.3. The van der Waals surface area contributed by atoms with Gasteiger partial charge < -0.3 is 19.4 Å². The van der Waals surface area contributed by atoms with Gasteiger partial charge in [0.25, 0.3) is 0 Å². The molecule has 158 valence electrons. The lowest BCUT2D eigenvalue weighted by Gasteiger charge is -2.36. The number of amides is 1. The Morgan fingerprint density at radius 3 is 2.59 bits per heavy atom. The summed E-state index contributed by atoms with van der Waals surface area (Å²) < 4.78 is 5.95. The van der Waals surface area contributed by atoms with Crippen molar-refractivity contribution in [3.63, 3.8) is 0 Å². The maximum atomic E-state index is 12.2. The van der Waals surface area contributed by atoms with Crippen molar-refractivity contribution in [3.8, 4) is 5.75 Å². The maximum absolute atomic E-state index is 12.2. The van der Waals surface area contributed by atoms with Crippen molar-refractivity contribution in [1.29, 1.82) is 0 Å². The summed E-state index contributed by atoms with van der Waals surface area (Å²) in [5, 5.41) is 0. The number of ether oxygens (including phenoxy) is 1. The predicted molar refractivity (Wildman–Crippen MR) is 115 cm³/mol. The van der Waals surface area contributed by atoms with Crippen LogP contribution in [0.1, 0.15) is 39.5 Å². The van der Waals surface area contributed by atoms with Gasteiger partial charge in [-0.2, -0.15) is 0 Å². The van der Waals surface area contributed by atoms with Crippen LogP contribution < -0.4 is 9.64 Å². The van der Waals surface area contributed by atoms with Gasteiger partial charge in [0.2, 0.25) is 5.91 Å². The third-order valence-electron chi connectivity index (χ3n) is 5.33. The van der Waals surface area contributed by atoms with E-state index in [1.807, 2.05) is 44.3 Å². The fourth-order valence-electron chi connectivity index (χ4n) is 3.82. The molecule has 29 heavy (non-hydrogen) atoms. The van der Waals surface area contributed by atoms with E-state index in [-0.39, 0.29) is 24.3 Å². The van der Waals surface area contributed by atoms with Gasteiger partial charge >= 0.3 is 0 Å². The largest absolute Gasteiger partial charge is 0.489 e. The molecule has 2 heterocycles. The SMILES string of the molecule is CC(C)Oc1ccccc1N1CCN(/C=C/CC(=O)CN2CCCCC2=O)CC1. The molecular formula is C23H33N3O3. The molecule has 0 unspecified atom stereocenters. The number of allylic oxidation sites excluding steroid dienone is 1. The van der Waals surface area contributed by atoms with Crippen molar-refractivity contribution in [2.24, 2.45) is 0 Å². The minimum absolute atomic E-state index is 0.106. The number of piperazine rings is 1. The van der Waals surface area contributed by atoms with Crippen LogP contribution in [0.25, 0.3) is 0 Å². The molecule has 2 aliphatic heterocycles. The van der Waals surface area contributed by atoms with Crippen LogP contribution in [0.3, 0.4) is 0 Å². The molecule has 0 saturated carbocycles. The smallest absolute Gasteiger partial charge is 0.222 e. The maximum Gasteiger partial charge on any atom is 0.222 e. The van der Waals surface area contributed by atoms with Gasteiger partial charge in [-0.3, -0.25) is 9.59 Å². The number of hydrogen-bond acceptors (Lipinski definition) is 5. The lowest BCUT2D eigenvalue weighted by molar-refractivity contribution is -0.137. The fraction of sp³-hybridized carbons (Fsp3) is 0.565. The third-order valence-corrected chi connectivity index (χ3v) is 5.33. The van der Waals surface area contributed by atoms with Gasteiger partial charge in [0, 0.05) is 45.6 Å². The fourth-order valence-corrected chi connectivity index (χ4v) is 3.82. The molecule has 6 heteroatoms. The molecule has 0 N–H and O–H groups in total. The molecule has 0 aliphatic carbocycles. The zero-order chi connectivity index (χ0) is 20.6. The Morgan fingerprint density at radius 2 is 1.86 bits per heavy atom. The zero-order valence-corrected chi connectivity index (χ0v) is 17.7. The number of benzene rings is 1. The lowest BCUT2D eigenvalue weighted by atomic mass is 10.1. The van der Waals surface area contributed by atoms with E-state index in [0.717, 1.165) is 57.0 Å².